The number of benzene rings is 5. The van der Waals surface area contributed by atoms with Crippen LogP contribution in [0.1, 0.15) is 73.0 Å². The van der Waals surface area contributed by atoms with Gasteiger partial charge in [0.1, 0.15) is 17.8 Å². The maximum atomic E-state index is 14.1. The minimum atomic E-state index is -1.21. The molecule has 0 fully saturated rings. The molecule has 4 amide bonds. The highest BCUT2D eigenvalue weighted by Gasteiger charge is 2.39. The van der Waals surface area contributed by atoms with E-state index in [0.29, 0.717) is 60.5 Å². The predicted molar refractivity (Wildman–Crippen MR) is 275 cm³/mol. The van der Waals surface area contributed by atoms with Crippen LogP contribution in [0.5, 0.6) is 17.2 Å². The molecular formula is C57H57N7O8. The van der Waals surface area contributed by atoms with Crippen LogP contribution in [0, 0.1) is 5.92 Å². The van der Waals surface area contributed by atoms with Gasteiger partial charge in [-0.25, -0.2) is 4.79 Å². The maximum Gasteiger partial charge on any atom is 0.408 e. The van der Waals surface area contributed by atoms with Crippen molar-refractivity contribution in [2.75, 3.05) is 38.7 Å². The molecule has 4 heterocycles. The van der Waals surface area contributed by atoms with Crippen molar-refractivity contribution in [1.29, 1.82) is 0 Å². The summed E-state index contributed by atoms with van der Waals surface area (Å²) in [6.45, 7) is 6.78. The van der Waals surface area contributed by atoms with E-state index in [2.05, 4.69) is 34.0 Å². The first-order valence-electron chi connectivity index (χ1n) is 24.5. The Labute approximate surface area is 417 Å². The Morgan fingerprint density at radius 2 is 1.58 bits per heavy atom. The van der Waals surface area contributed by atoms with Crippen molar-refractivity contribution in [3.63, 3.8) is 0 Å². The van der Waals surface area contributed by atoms with Crippen LogP contribution in [0.25, 0.3) is 22.9 Å². The highest BCUT2D eigenvalue weighted by Crippen LogP contribution is 2.45. The summed E-state index contributed by atoms with van der Waals surface area (Å²) in [7, 11) is 1.54. The van der Waals surface area contributed by atoms with Crippen LogP contribution in [0.3, 0.4) is 0 Å². The first kappa shape index (κ1) is 47.5. The molecule has 5 aliphatic rings. The second kappa shape index (κ2) is 20.3. The van der Waals surface area contributed by atoms with E-state index in [4.69, 9.17) is 24.2 Å². The highest BCUT2D eigenvalue weighted by molar-refractivity contribution is 6.05. The monoisotopic (exact) mass is 967 g/mol. The molecule has 4 aliphatic heterocycles. The number of amides is 4. The van der Waals surface area contributed by atoms with Gasteiger partial charge in [0.05, 0.1) is 55.6 Å². The molecular weight excluding hydrogens is 911 g/mol. The highest BCUT2D eigenvalue weighted by atomic mass is 16.5. The van der Waals surface area contributed by atoms with Gasteiger partial charge >= 0.3 is 6.09 Å². The number of hydrogen-bond donors (Lipinski definition) is 3. The third kappa shape index (κ3) is 9.53. The molecule has 0 radical (unpaired) electrons. The van der Waals surface area contributed by atoms with Gasteiger partial charge < -0.3 is 39.8 Å². The zero-order valence-corrected chi connectivity index (χ0v) is 40.7. The van der Waals surface area contributed by atoms with Gasteiger partial charge in [-0.05, 0) is 89.2 Å². The van der Waals surface area contributed by atoms with Crippen LogP contribution in [-0.2, 0) is 9.59 Å². The van der Waals surface area contributed by atoms with E-state index in [9.17, 15) is 24.3 Å². The van der Waals surface area contributed by atoms with Crippen LogP contribution in [0.2, 0.25) is 0 Å². The van der Waals surface area contributed by atoms with E-state index in [0.717, 1.165) is 62.7 Å². The number of nitrogens with zero attached hydrogens (tertiary/aromatic N) is 5. The molecule has 0 spiro atoms. The number of hydrogen-bond acceptors (Lipinski definition) is 10. The Balaban J connectivity index is 0.733. The molecule has 15 nitrogen and oxygen atoms in total. The molecule has 0 saturated carbocycles. The number of nitrogens with one attached hydrogen (secondary N) is 2. The summed E-state index contributed by atoms with van der Waals surface area (Å²) < 4.78 is 17.9. The lowest BCUT2D eigenvalue weighted by atomic mass is 9.94. The van der Waals surface area contributed by atoms with Gasteiger partial charge in [0, 0.05) is 67.0 Å². The summed E-state index contributed by atoms with van der Waals surface area (Å²) in [6, 6.07) is 30.6. The van der Waals surface area contributed by atoms with Gasteiger partial charge in [0.2, 0.25) is 11.8 Å². The molecule has 5 aromatic rings. The fraction of sp³-hybridized carbons (Fsp3) is 0.298. The number of methoxy groups -OCH3 is 1. The third-order valence-corrected chi connectivity index (χ3v) is 14.0. The molecule has 15 heteroatoms. The standard InChI is InChI=1S/C57H57N7O8/c1-34(2)53(64(57(68)69)33-48-45-14-7-5-12-43(45)44-13-6-8-15-46(44)48)55(66)60-35(3)54(65)61-39-19-16-36(17-20-39)38-25-41-30-59-50-28-52(51(70-4)27-47(50)56(67)63(41)32-38)72-24-10-23-71-42-21-18-37-31-62-22-9-11-40(62)29-58-49(37)26-42/h5-9,12-22,26-28,30-32,34-35,40-41,48,53H,10-11,23-25,29,33H2,1-4H3,(H,60,66)(H,61,65)(H,68,69)/t35-,40?,41?,53-/m0/s1. The molecule has 2 unspecified atom stereocenters. The van der Waals surface area contributed by atoms with Crippen molar-refractivity contribution >= 4 is 53.2 Å². The minimum Gasteiger partial charge on any atom is -0.493 e. The van der Waals surface area contributed by atoms with Crippen LogP contribution in [-0.4, -0.2) is 107 Å². The zero-order valence-electron chi connectivity index (χ0n) is 40.7. The van der Waals surface area contributed by atoms with Gasteiger partial charge in [-0.15, -0.1) is 0 Å². The van der Waals surface area contributed by atoms with E-state index in [-0.39, 0.29) is 30.3 Å². The summed E-state index contributed by atoms with van der Waals surface area (Å²) in [6.07, 6.45) is 11.0. The predicted octanol–water partition coefficient (Wildman–Crippen LogP) is 7.73. The molecule has 368 valence electrons. The van der Waals surface area contributed by atoms with Gasteiger partial charge in [0.15, 0.2) is 11.5 Å². The molecule has 4 atom stereocenters. The zero-order chi connectivity index (χ0) is 50.0. The van der Waals surface area contributed by atoms with Gasteiger partial charge in [0.25, 0.3) is 5.91 Å². The number of rotatable bonds is 16. The van der Waals surface area contributed by atoms with Crippen molar-refractivity contribution in [2.24, 2.45) is 15.9 Å². The van der Waals surface area contributed by atoms with Crippen LogP contribution >= 0.6 is 0 Å². The Morgan fingerprint density at radius 1 is 0.847 bits per heavy atom. The molecule has 72 heavy (non-hydrogen) atoms. The van der Waals surface area contributed by atoms with E-state index < -0.39 is 30.0 Å². The van der Waals surface area contributed by atoms with Crippen molar-refractivity contribution in [2.45, 2.75) is 70.1 Å². The van der Waals surface area contributed by atoms with Crippen molar-refractivity contribution < 1.29 is 38.5 Å². The summed E-state index contributed by atoms with van der Waals surface area (Å²) in [5.41, 5.74) is 7.30. The molecule has 0 aromatic heterocycles. The fourth-order valence-corrected chi connectivity index (χ4v) is 10.3. The number of fused-ring (bicyclic) bond motifs is 7. The minimum absolute atomic E-state index is 0.0746. The summed E-state index contributed by atoms with van der Waals surface area (Å²) in [5, 5.41) is 18.2. The van der Waals surface area contributed by atoms with Crippen molar-refractivity contribution in [3.05, 3.63) is 154 Å². The Bertz CT molecular complexity index is 3120. The van der Waals surface area contributed by atoms with Crippen LogP contribution < -0.4 is 35.4 Å². The Kier molecular flexibility index (Phi) is 13.4. The number of carbonyl (C=O) groups is 4. The molecule has 0 bridgehead atoms. The molecule has 5 aromatic carbocycles. The second-order valence-corrected chi connectivity index (χ2v) is 19.0. The largest absolute Gasteiger partial charge is 0.493 e. The van der Waals surface area contributed by atoms with Crippen molar-refractivity contribution in [3.8, 4) is 28.4 Å². The molecule has 3 N–H and O–H groups in total. The van der Waals surface area contributed by atoms with Gasteiger partial charge in [-0.1, -0.05) is 80.6 Å². The van der Waals surface area contributed by atoms with E-state index in [1.165, 1.54) is 12.0 Å². The number of carbonyl (C=O) groups excluding carboxylic acids is 3. The molecule has 0 saturated heterocycles. The summed E-state index contributed by atoms with van der Waals surface area (Å²) in [4.78, 5) is 69.0. The van der Waals surface area contributed by atoms with E-state index in [1.54, 1.807) is 56.2 Å². The van der Waals surface area contributed by atoms with Crippen LogP contribution in [0.4, 0.5) is 16.2 Å². The summed E-state index contributed by atoms with van der Waals surface area (Å²) >= 11 is 0. The first-order valence-corrected chi connectivity index (χ1v) is 24.5. The smallest absolute Gasteiger partial charge is 0.408 e. The number of carboxylic acid groups (broad SMARTS) is 1. The third-order valence-electron chi connectivity index (χ3n) is 14.0. The molecule has 1 aliphatic carbocycles. The molecule has 10 rings (SSSR count). The topological polar surface area (TPSA) is 175 Å². The van der Waals surface area contributed by atoms with Crippen LogP contribution in [0.15, 0.2) is 132 Å². The normalized spacial score (nSPS) is 17.8. The SMILES string of the molecule is COc1cc2c(cc1OCCCOc1ccc3c(c1)=NCC1CC=CN1C=3)N=CC1CC(c3ccc(NC(=O)[C@H](C)NC(=O)[C@H](C(C)C)N(CC4c5ccccc5-c5ccccc54)C(=O)O)cc3)=CN1C2=O. The maximum absolute atomic E-state index is 14.1. The first-order chi connectivity index (χ1) is 34.9. The van der Waals surface area contributed by atoms with E-state index >= 15 is 0 Å². The van der Waals surface area contributed by atoms with Gasteiger partial charge in [-0.3, -0.25) is 29.3 Å². The second-order valence-electron chi connectivity index (χ2n) is 19.0. The number of ether oxygens (including phenoxy) is 3. The van der Waals surface area contributed by atoms with E-state index in [1.807, 2.05) is 85.1 Å². The number of aliphatic imine (C=N–C) groups is 1. The lowest BCUT2D eigenvalue weighted by molar-refractivity contribution is -0.130. The quantitative estimate of drug-likeness (QED) is 0.0837. The lowest BCUT2D eigenvalue weighted by Gasteiger charge is -2.34. The number of anilines is 1. The lowest BCUT2D eigenvalue weighted by Crippen LogP contribution is -2.56. The average molecular weight is 968 g/mol. The van der Waals surface area contributed by atoms with Crippen molar-refractivity contribution in [1.82, 2.24) is 20.0 Å². The Morgan fingerprint density at radius 3 is 2.31 bits per heavy atom. The Hall–Kier alpha value is -8.20. The summed E-state index contributed by atoms with van der Waals surface area (Å²) in [5.74, 6) is -0.217. The van der Waals surface area contributed by atoms with Gasteiger partial charge in [-0.2, -0.15) is 0 Å². The fourth-order valence-electron chi connectivity index (χ4n) is 10.3. The average Bonchev–Trinajstić information content (AvgIpc) is 4.05.